The first-order valence-electron chi connectivity index (χ1n) is 7.47. The van der Waals surface area contributed by atoms with E-state index >= 15 is 0 Å². The molecule has 3 rings (SSSR count). The molecule has 0 spiro atoms. The van der Waals surface area contributed by atoms with Gasteiger partial charge in [-0.3, -0.25) is 14.2 Å². The van der Waals surface area contributed by atoms with Crippen LogP contribution in [0.25, 0.3) is 5.70 Å². The van der Waals surface area contributed by atoms with Crippen molar-refractivity contribution >= 4 is 11.6 Å². The van der Waals surface area contributed by atoms with Crippen LogP contribution < -0.4 is 16.0 Å². The van der Waals surface area contributed by atoms with Crippen LogP contribution in [-0.2, 0) is 4.74 Å². The Labute approximate surface area is 139 Å². The average molecular weight is 326 g/mol. The molecule has 1 aromatic heterocycles. The quantitative estimate of drug-likeness (QED) is 0.925. The second-order valence-electron chi connectivity index (χ2n) is 5.86. The van der Waals surface area contributed by atoms with Crippen molar-refractivity contribution in [1.29, 1.82) is 0 Å². The molecule has 6 heteroatoms. The van der Waals surface area contributed by atoms with E-state index in [4.69, 9.17) is 15.2 Å². The first-order valence-corrected chi connectivity index (χ1v) is 7.47. The van der Waals surface area contributed by atoms with Gasteiger partial charge in [-0.2, -0.15) is 0 Å². The summed E-state index contributed by atoms with van der Waals surface area (Å²) in [5, 5.41) is 0. The van der Waals surface area contributed by atoms with Crippen LogP contribution in [0.2, 0.25) is 0 Å². The average Bonchev–Trinajstić information content (AvgIpc) is 2.54. The van der Waals surface area contributed by atoms with Gasteiger partial charge in [0.15, 0.2) is 0 Å². The molecule has 1 amide bonds. The van der Waals surface area contributed by atoms with E-state index in [-0.39, 0.29) is 5.56 Å². The summed E-state index contributed by atoms with van der Waals surface area (Å²) in [6.07, 6.45) is 3.50. The lowest BCUT2D eigenvalue weighted by Crippen LogP contribution is -2.39. The summed E-state index contributed by atoms with van der Waals surface area (Å²) in [5.41, 5.74) is 6.07. The van der Waals surface area contributed by atoms with Crippen LogP contribution in [0.3, 0.4) is 0 Å². The molecule has 1 aromatic carbocycles. The van der Waals surface area contributed by atoms with E-state index in [9.17, 15) is 9.59 Å². The predicted octanol–water partition coefficient (Wildman–Crippen LogP) is 1.63. The summed E-state index contributed by atoms with van der Waals surface area (Å²) >= 11 is 0. The van der Waals surface area contributed by atoms with Gasteiger partial charge >= 0.3 is 0 Å². The number of amides is 1. The van der Waals surface area contributed by atoms with Gasteiger partial charge in [0, 0.05) is 30.5 Å². The lowest BCUT2D eigenvalue weighted by atomic mass is 9.96. The number of hydrogen-bond acceptors (Lipinski definition) is 4. The van der Waals surface area contributed by atoms with Gasteiger partial charge in [-0.1, -0.05) is 6.07 Å². The highest BCUT2D eigenvalue weighted by Crippen LogP contribution is 2.37. The van der Waals surface area contributed by atoms with Gasteiger partial charge in [-0.15, -0.1) is 0 Å². The minimum absolute atomic E-state index is 0.180. The van der Waals surface area contributed by atoms with Gasteiger partial charge in [0.2, 0.25) is 5.91 Å². The van der Waals surface area contributed by atoms with Gasteiger partial charge in [0.1, 0.15) is 11.4 Å². The Morgan fingerprint density at radius 2 is 2.12 bits per heavy atom. The number of benzene rings is 1. The van der Waals surface area contributed by atoms with E-state index < -0.39 is 11.5 Å². The van der Waals surface area contributed by atoms with Crippen LogP contribution in [0.15, 0.2) is 53.5 Å². The van der Waals surface area contributed by atoms with Crippen LogP contribution in [0, 0.1) is 0 Å². The highest BCUT2D eigenvalue weighted by Gasteiger charge is 2.32. The van der Waals surface area contributed by atoms with Crippen molar-refractivity contribution in [1.82, 2.24) is 4.57 Å². The van der Waals surface area contributed by atoms with Crippen LogP contribution in [-0.4, -0.2) is 29.8 Å². The number of hydrogen-bond donors (Lipinski definition) is 1. The Hall–Kier alpha value is -2.86. The molecule has 0 aliphatic carbocycles. The lowest BCUT2D eigenvalue weighted by Gasteiger charge is -2.34. The number of nitrogens with zero attached hydrogens (tertiary/aromatic N) is 1. The normalized spacial score (nSPS) is 19.2. The molecule has 0 fully saturated rings. The lowest BCUT2D eigenvalue weighted by molar-refractivity contribution is 0.0370. The first kappa shape index (κ1) is 16.0. The zero-order chi connectivity index (χ0) is 17.3. The van der Waals surface area contributed by atoms with E-state index in [0.29, 0.717) is 29.2 Å². The van der Waals surface area contributed by atoms with E-state index in [2.05, 4.69) is 0 Å². The van der Waals surface area contributed by atoms with Crippen LogP contribution >= 0.6 is 0 Å². The summed E-state index contributed by atoms with van der Waals surface area (Å²) in [6.45, 7) is 2.19. The molecule has 2 aromatic rings. The highest BCUT2D eigenvalue weighted by atomic mass is 16.5. The zero-order valence-corrected chi connectivity index (χ0v) is 13.5. The van der Waals surface area contributed by atoms with Gasteiger partial charge in [-0.25, -0.2) is 0 Å². The Kier molecular flexibility index (Phi) is 3.99. The van der Waals surface area contributed by atoms with Gasteiger partial charge < -0.3 is 15.2 Å². The van der Waals surface area contributed by atoms with Crippen molar-refractivity contribution in [3.8, 4) is 5.75 Å². The van der Waals surface area contributed by atoms with Crippen molar-refractivity contribution in [2.75, 3.05) is 13.7 Å². The van der Waals surface area contributed by atoms with Crippen molar-refractivity contribution in [2.45, 2.75) is 12.5 Å². The van der Waals surface area contributed by atoms with E-state index in [0.717, 1.165) is 0 Å². The second-order valence-corrected chi connectivity index (χ2v) is 5.86. The zero-order valence-electron chi connectivity index (χ0n) is 13.5. The molecule has 124 valence electrons. The minimum atomic E-state index is -0.736. The minimum Gasteiger partial charge on any atom is -0.480 e. The number of carbonyl (C=O) groups excluding carboxylic acids is 1. The van der Waals surface area contributed by atoms with Crippen molar-refractivity contribution in [3.63, 3.8) is 0 Å². The monoisotopic (exact) mass is 326 g/mol. The Morgan fingerprint density at radius 3 is 2.79 bits per heavy atom. The largest absolute Gasteiger partial charge is 0.480 e. The molecule has 0 bridgehead atoms. The molecule has 0 saturated heterocycles. The summed E-state index contributed by atoms with van der Waals surface area (Å²) in [5.74, 6) is 0.0237. The summed E-state index contributed by atoms with van der Waals surface area (Å²) in [6, 6.07) is 9.84. The maximum Gasteiger partial charge on any atom is 0.255 e. The third-order valence-electron chi connectivity index (χ3n) is 3.84. The Morgan fingerprint density at radius 1 is 1.33 bits per heavy atom. The number of primary amides is 1. The molecule has 1 atom stereocenters. The summed E-state index contributed by atoms with van der Waals surface area (Å²) in [4.78, 5) is 23.8. The molecule has 0 saturated carbocycles. The molecule has 2 N–H and O–H groups in total. The van der Waals surface area contributed by atoms with Crippen LogP contribution in [0.4, 0.5) is 0 Å². The molecule has 24 heavy (non-hydrogen) atoms. The second kappa shape index (κ2) is 5.98. The van der Waals surface area contributed by atoms with Crippen molar-refractivity contribution in [2.24, 2.45) is 5.73 Å². The standard InChI is InChI=1S/C18H18N2O4/c1-18(11-23-2)10-14(20-8-4-3-5-16(20)21)13-9-12(17(19)22)6-7-15(13)24-18/h3-10H,11H2,1-2H3,(H2,19,22). The fraction of sp³-hybridized carbons (Fsp3) is 0.222. The summed E-state index contributed by atoms with van der Waals surface area (Å²) in [7, 11) is 1.59. The predicted molar refractivity (Wildman–Crippen MR) is 89.9 cm³/mol. The number of nitrogens with two attached hydrogens (primary N) is 1. The van der Waals surface area contributed by atoms with Gasteiger partial charge in [0.25, 0.3) is 5.56 Å². The maximum absolute atomic E-state index is 12.3. The summed E-state index contributed by atoms with van der Waals surface area (Å²) < 4.78 is 12.8. The number of carbonyl (C=O) groups is 1. The maximum atomic E-state index is 12.3. The molecule has 0 radical (unpaired) electrons. The topological polar surface area (TPSA) is 83.5 Å². The van der Waals surface area contributed by atoms with Crippen LogP contribution in [0.1, 0.15) is 22.8 Å². The molecule has 6 nitrogen and oxygen atoms in total. The third kappa shape index (κ3) is 2.83. The smallest absolute Gasteiger partial charge is 0.255 e. The Balaban J connectivity index is 2.24. The Bertz CT molecular complexity index is 885. The fourth-order valence-electron chi connectivity index (χ4n) is 2.80. The van der Waals surface area contributed by atoms with Crippen molar-refractivity contribution in [3.05, 3.63) is 70.2 Å². The van der Waals surface area contributed by atoms with Crippen LogP contribution in [0.5, 0.6) is 5.75 Å². The molecule has 1 unspecified atom stereocenters. The van der Waals surface area contributed by atoms with E-state index in [1.165, 1.54) is 10.6 Å². The number of aromatic nitrogens is 1. The highest BCUT2D eigenvalue weighted by molar-refractivity contribution is 5.94. The van der Waals surface area contributed by atoms with E-state index in [1.807, 2.05) is 13.0 Å². The fourth-order valence-corrected chi connectivity index (χ4v) is 2.80. The molecule has 1 aliphatic heterocycles. The molecular weight excluding hydrogens is 308 g/mol. The molecule has 2 heterocycles. The first-order chi connectivity index (χ1) is 11.4. The van der Waals surface area contributed by atoms with E-state index in [1.54, 1.807) is 43.6 Å². The molecule has 1 aliphatic rings. The number of ether oxygens (including phenoxy) is 2. The number of pyridine rings is 1. The molecular formula is C18H18N2O4. The van der Waals surface area contributed by atoms with Gasteiger partial charge in [-0.05, 0) is 37.3 Å². The third-order valence-corrected chi connectivity index (χ3v) is 3.84. The van der Waals surface area contributed by atoms with Gasteiger partial charge in [0.05, 0.1) is 12.3 Å². The number of methoxy groups -OCH3 is 1. The number of rotatable bonds is 4. The SMILES string of the molecule is COCC1(C)C=C(n2ccccc2=O)c2cc(C(N)=O)ccc2O1. The van der Waals surface area contributed by atoms with Crippen molar-refractivity contribution < 1.29 is 14.3 Å². The number of fused-ring (bicyclic) bond motifs is 1.